The number of hydrogen-bond acceptors (Lipinski definition) is 4. The smallest absolute Gasteiger partial charge is 0.245 e. The van der Waals surface area contributed by atoms with Crippen molar-refractivity contribution in [3.05, 3.63) is 23.8 Å². The standard InChI is InChI=1S/C16H20N2O4/c1-2-18(16(20)12-4-6-15(19)17-12)10-11-3-5-13-14(9-11)22-8-7-21-13/h3,5,9,12H,2,4,6-8,10H2,1H3,(H,17,19)/t12-/m1/s1. The second kappa shape index (κ2) is 6.25. The zero-order chi connectivity index (χ0) is 15.5. The Bertz CT molecular complexity index is 588. The molecule has 0 spiro atoms. The molecule has 3 rings (SSSR count). The lowest BCUT2D eigenvalue weighted by Gasteiger charge is -2.25. The van der Waals surface area contributed by atoms with Crippen molar-refractivity contribution < 1.29 is 19.1 Å². The number of nitrogens with one attached hydrogen (secondary N) is 1. The molecule has 0 saturated carbocycles. The average Bonchev–Trinajstić information content (AvgIpc) is 2.98. The highest BCUT2D eigenvalue weighted by atomic mass is 16.6. The Balaban J connectivity index is 1.69. The van der Waals surface area contributed by atoms with E-state index in [1.54, 1.807) is 4.90 Å². The van der Waals surface area contributed by atoms with E-state index in [-0.39, 0.29) is 17.9 Å². The van der Waals surface area contributed by atoms with Crippen LogP contribution in [0.25, 0.3) is 0 Å². The van der Waals surface area contributed by atoms with Crippen LogP contribution in [0.15, 0.2) is 18.2 Å². The van der Waals surface area contributed by atoms with Crippen molar-refractivity contribution in [2.75, 3.05) is 19.8 Å². The summed E-state index contributed by atoms with van der Waals surface area (Å²) in [7, 11) is 0. The summed E-state index contributed by atoms with van der Waals surface area (Å²) in [6, 6.07) is 5.35. The van der Waals surface area contributed by atoms with E-state index in [1.165, 1.54) is 0 Å². The fourth-order valence-corrected chi connectivity index (χ4v) is 2.77. The third-order valence-corrected chi connectivity index (χ3v) is 3.97. The van der Waals surface area contributed by atoms with Gasteiger partial charge in [-0.3, -0.25) is 9.59 Å². The lowest BCUT2D eigenvalue weighted by Crippen LogP contribution is -2.44. The maximum absolute atomic E-state index is 12.5. The van der Waals surface area contributed by atoms with E-state index < -0.39 is 0 Å². The predicted molar refractivity (Wildman–Crippen MR) is 79.7 cm³/mol. The highest BCUT2D eigenvalue weighted by molar-refractivity contribution is 5.90. The summed E-state index contributed by atoms with van der Waals surface area (Å²) in [6.45, 7) is 4.14. The zero-order valence-corrected chi connectivity index (χ0v) is 12.6. The van der Waals surface area contributed by atoms with Crippen LogP contribution in [-0.2, 0) is 16.1 Å². The first kappa shape index (κ1) is 14.7. The quantitative estimate of drug-likeness (QED) is 0.904. The summed E-state index contributed by atoms with van der Waals surface area (Å²) in [5, 5.41) is 2.73. The zero-order valence-electron chi connectivity index (χ0n) is 12.6. The normalized spacial score (nSPS) is 19.7. The molecule has 2 aliphatic heterocycles. The molecule has 1 aromatic rings. The van der Waals surface area contributed by atoms with Crippen molar-refractivity contribution >= 4 is 11.8 Å². The monoisotopic (exact) mass is 304 g/mol. The molecule has 1 N–H and O–H groups in total. The predicted octanol–water partition coefficient (Wildman–Crippen LogP) is 1.08. The van der Waals surface area contributed by atoms with Crippen LogP contribution in [-0.4, -0.2) is 42.5 Å². The highest BCUT2D eigenvalue weighted by Gasteiger charge is 2.30. The van der Waals surface area contributed by atoms with Crippen LogP contribution in [0.5, 0.6) is 11.5 Å². The van der Waals surface area contributed by atoms with Gasteiger partial charge in [0.05, 0.1) is 0 Å². The molecule has 0 unspecified atom stereocenters. The van der Waals surface area contributed by atoms with Gasteiger partial charge in [0.25, 0.3) is 0 Å². The molecule has 0 aliphatic carbocycles. The van der Waals surface area contributed by atoms with Gasteiger partial charge in [-0.2, -0.15) is 0 Å². The molecule has 0 bridgehead atoms. The number of amides is 2. The summed E-state index contributed by atoms with van der Waals surface area (Å²) >= 11 is 0. The molecule has 2 heterocycles. The Labute approximate surface area is 129 Å². The van der Waals surface area contributed by atoms with Crippen LogP contribution in [0.2, 0.25) is 0 Å². The number of benzene rings is 1. The summed E-state index contributed by atoms with van der Waals surface area (Å²) in [4.78, 5) is 25.5. The second-order valence-corrected chi connectivity index (χ2v) is 5.49. The molecule has 2 aliphatic rings. The van der Waals surface area contributed by atoms with E-state index >= 15 is 0 Å². The van der Waals surface area contributed by atoms with Crippen LogP contribution >= 0.6 is 0 Å². The van der Waals surface area contributed by atoms with Crippen LogP contribution in [0.1, 0.15) is 25.3 Å². The minimum Gasteiger partial charge on any atom is -0.486 e. The van der Waals surface area contributed by atoms with Gasteiger partial charge in [-0.05, 0) is 31.0 Å². The van der Waals surface area contributed by atoms with E-state index in [4.69, 9.17) is 9.47 Å². The summed E-state index contributed by atoms with van der Waals surface area (Å²) in [6.07, 6.45) is 1.01. The molecule has 0 aromatic heterocycles. The average molecular weight is 304 g/mol. The van der Waals surface area contributed by atoms with Gasteiger partial charge in [-0.1, -0.05) is 6.07 Å². The third kappa shape index (κ3) is 3.00. The fourth-order valence-electron chi connectivity index (χ4n) is 2.77. The van der Waals surface area contributed by atoms with Gasteiger partial charge < -0.3 is 19.7 Å². The lowest BCUT2D eigenvalue weighted by atomic mass is 10.1. The van der Waals surface area contributed by atoms with Crippen molar-refractivity contribution in [3.8, 4) is 11.5 Å². The Morgan fingerprint density at radius 1 is 1.32 bits per heavy atom. The molecule has 1 aromatic carbocycles. The van der Waals surface area contributed by atoms with Crippen molar-refractivity contribution in [3.63, 3.8) is 0 Å². The van der Waals surface area contributed by atoms with Gasteiger partial charge in [0.2, 0.25) is 11.8 Å². The van der Waals surface area contributed by atoms with Crippen molar-refractivity contribution in [1.82, 2.24) is 10.2 Å². The molecule has 1 fully saturated rings. The SMILES string of the molecule is CCN(Cc1ccc2c(c1)OCCO2)C(=O)[C@H]1CCC(=O)N1. The van der Waals surface area contributed by atoms with E-state index in [0.29, 0.717) is 39.1 Å². The Morgan fingerprint density at radius 3 is 2.77 bits per heavy atom. The summed E-state index contributed by atoms with van der Waals surface area (Å²) < 4.78 is 11.1. The molecule has 22 heavy (non-hydrogen) atoms. The summed E-state index contributed by atoms with van der Waals surface area (Å²) in [5.41, 5.74) is 0.990. The molecular formula is C16H20N2O4. The van der Waals surface area contributed by atoms with Crippen molar-refractivity contribution in [2.45, 2.75) is 32.4 Å². The van der Waals surface area contributed by atoms with E-state index in [0.717, 1.165) is 17.1 Å². The first-order valence-corrected chi connectivity index (χ1v) is 7.64. The highest BCUT2D eigenvalue weighted by Crippen LogP contribution is 2.31. The molecule has 6 nitrogen and oxygen atoms in total. The molecule has 1 atom stereocenters. The topological polar surface area (TPSA) is 67.9 Å². The van der Waals surface area contributed by atoms with Gasteiger partial charge in [0.1, 0.15) is 19.3 Å². The molecule has 1 saturated heterocycles. The maximum atomic E-state index is 12.5. The van der Waals surface area contributed by atoms with Gasteiger partial charge in [-0.25, -0.2) is 0 Å². The van der Waals surface area contributed by atoms with Crippen LogP contribution in [0.4, 0.5) is 0 Å². The fraction of sp³-hybridized carbons (Fsp3) is 0.500. The molecule has 6 heteroatoms. The Hall–Kier alpha value is -2.24. The molecular weight excluding hydrogens is 284 g/mol. The minimum atomic E-state index is -0.385. The first-order chi connectivity index (χ1) is 10.7. The molecule has 0 radical (unpaired) electrons. The third-order valence-electron chi connectivity index (χ3n) is 3.97. The minimum absolute atomic E-state index is 0.0248. The second-order valence-electron chi connectivity index (χ2n) is 5.49. The number of nitrogens with zero attached hydrogens (tertiary/aromatic N) is 1. The van der Waals surface area contributed by atoms with Crippen LogP contribution < -0.4 is 14.8 Å². The first-order valence-electron chi connectivity index (χ1n) is 7.64. The van der Waals surface area contributed by atoms with Gasteiger partial charge in [-0.15, -0.1) is 0 Å². The van der Waals surface area contributed by atoms with E-state index in [2.05, 4.69) is 5.32 Å². The number of rotatable bonds is 4. The largest absolute Gasteiger partial charge is 0.486 e. The lowest BCUT2D eigenvalue weighted by molar-refractivity contribution is -0.134. The van der Waals surface area contributed by atoms with Crippen molar-refractivity contribution in [2.24, 2.45) is 0 Å². The number of fused-ring (bicyclic) bond motifs is 1. The number of carbonyl (C=O) groups excluding carboxylic acids is 2. The van der Waals surface area contributed by atoms with E-state index in [1.807, 2.05) is 25.1 Å². The number of likely N-dealkylation sites (N-methyl/N-ethyl adjacent to an activating group) is 1. The van der Waals surface area contributed by atoms with Gasteiger partial charge in [0, 0.05) is 19.5 Å². The maximum Gasteiger partial charge on any atom is 0.245 e. The van der Waals surface area contributed by atoms with Gasteiger partial charge >= 0.3 is 0 Å². The summed E-state index contributed by atoms with van der Waals surface area (Å²) in [5.74, 6) is 1.39. The Morgan fingerprint density at radius 2 is 2.09 bits per heavy atom. The number of hydrogen-bond donors (Lipinski definition) is 1. The van der Waals surface area contributed by atoms with E-state index in [9.17, 15) is 9.59 Å². The molecule has 2 amide bonds. The number of carbonyl (C=O) groups is 2. The molecule has 118 valence electrons. The Kier molecular flexibility index (Phi) is 4.18. The van der Waals surface area contributed by atoms with Crippen molar-refractivity contribution in [1.29, 1.82) is 0 Å². The number of ether oxygens (including phenoxy) is 2. The van der Waals surface area contributed by atoms with Crippen LogP contribution in [0, 0.1) is 0 Å². The van der Waals surface area contributed by atoms with Crippen LogP contribution in [0.3, 0.4) is 0 Å². The van der Waals surface area contributed by atoms with Gasteiger partial charge in [0.15, 0.2) is 11.5 Å².